The van der Waals surface area contributed by atoms with Crippen LogP contribution in [0.1, 0.15) is 17.5 Å². The Labute approximate surface area is 146 Å². The second-order valence-corrected chi connectivity index (χ2v) is 6.28. The lowest BCUT2D eigenvalue weighted by Crippen LogP contribution is -2.43. The number of pyridine rings is 1. The molecule has 2 aromatic rings. The number of hydrogen-bond donors (Lipinski definition) is 4. The first-order valence-corrected chi connectivity index (χ1v) is 8.30. The molecule has 0 radical (unpaired) electrons. The maximum Gasteiger partial charge on any atom is 0.267 e. The Morgan fingerprint density at radius 1 is 1.28 bits per heavy atom. The summed E-state index contributed by atoms with van der Waals surface area (Å²) in [6, 6.07) is 14.2. The molecule has 1 fully saturated rings. The molecular formula is C19H22N4O2. The minimum absolute atomic E-state index is 0.0531. The predicted octanol–water partition coefficient (Wildman–Crippen LogP) is 1.99. The molecule has 2 heterocycles. The number of hydroxylamine groups is 1. The number of carbonyl (C=O) groups excluding carboxylic acids is 1. The van der Waals surface area contributed by atoms with Crippen molar-refractivity contribution in [2.24, 2.45) is 0 Å². The standard InChI is InChI=1S/C19H22N4O2/c24-18(23-25)9-7-16-6-8-17(21-13-16)22-19(10-11-20-14-19)12-15-4-2-1-3-5-15/h1-9,13,20,25H,10-12,14H2,(H,21,22)(H,23,24)/b9-7+/t19-/m0/s1. The summed E-state index contributed by atoms with van der Waals surface area (Å²) in [7, 11) is 0. The lowest BCUT2D eigenvalue weighted by atomic mass is 9.90. The van der Waals surface area contributed by atoms with Crippen LogP contribution in [-0.2, 0) is 11.2 Å². The molecule has 1 saturated heterocycles. The van der Waals surface area contributed by atoms with E-state index in [4.69, 9.17) is 5.21 Å². The number of rotatable bonds is 6. The lowest BCUT2D eigenvalue weighted by Gasteiger charge is -2.30. The van der Waals surface area contributed by atoms with Gasteiger partial charge in [-0.05, 0) is 48.7 Å². The summed E-state index contributed by atoms with van der Waals surface area (Å²) in [4.78, 5) is 15.5. The van der Waals surface area contributed by atoms with Crippen molar-refractivity contribution in [2.75, 3.05) is 18.4 Å². The Kier molecular flexibility index (Phi) is 5.42. The van der Waals surface area contributed by atoms with Gasteiger partial charge in [-0.25, -0.2) is 10.5 Å². The van der Waals surface area contributed by atoms with E-state index in [1.54, 1.807) is 17.8 Å². The third-order valence-electron chi connectivity index (χ3n) is 4.35. The summed E-state index contributed by atoms with van der Waals surface area (Å²) >= 11 is 0. The maximum atomic E-state index is 11.0. The summed E-state index contributed by atoms with van der Waals surface area (Å²) in [5.74, 6) is 0.240. The van der Waals surface area contributed by atoms with Crippen LogP contribution in [0.2, 0.25) is 0 Å². The largest absolute Gasteiger partial charge is 0.363 e. The second-order valence-electron chi connectivity index (χ2n) is 6.28. The van der Waals surface area contributed by atoms with Gasteiger partial charge in [0.1, 0.15) is 5.82 Å². The van der Waals surface area contributed by atoms with E-state index in [0.717, 1.165) is 37.3 Å². The molecule has 1 atom stereocenters. The Balaban J connectivity index is 1.70. The Bertz CT molecular complexity index is 723. The first-order chi connectivity index (χ1) is 12.2. The molecule has 4 N–H and O–H groups in total. The van der Waals surface area contributed by atoms with E-state index in [-0.39, 0.29) is 5.54 Å². The number of amides is 1. The van der Waals surface area contributed by atoms with Gasteiger partial charge in [-0.2, -0.15) is 0 Å². The molecule has 3 rings (SSSR count). The quantitative estimate of drug-likeness (QED) is 0.368. The highest BCUT2D eigenvalue weighted by Crippen LogP contribution is 2.25. The van der Waals surface area contributed by atoms with Crippen molar-refractivity contribution in [3.63, 3.8) is 0 Å². The van der Waals surface area contributed by atoms with Crippen LogP contribution < -0.4 is 16.1 Å². The number of aromatic nitrogens is 1. The third-order valence-corrected chi connectivity index (χ3v) is 4.35. The molecule has 1 amide bonds. The van der Waals surface area contributed by atoms with Crippen LogP contribution in [0, 0.1) is 0 Å². The van der Waals surface area contributed by atoms with E-state index in [2.05, 4.69) is 39.9 Å². The minimum atomic E-state index is -0.568. The van der Waals surface area contributed by atoms with Gasteiger partial charge in [0, 0.05) is 18.8 Å². The first kappa shape index (κ1) is 17.1. The summed E-state index contributed by atoms with van der Waals surface area (Å²) in [6.07, 6.45) is 6.51. The highest BCUT2D eigenvalue weighted by atomic mass is 16.5. The molecule has 0 aliphatic carbocycles. The molecule has 6 heteroatoms. The van der Waals surface area contributed by atoms with Crippen LogP contribution >= 0.6 is 0 Å². The monoisotopic (exact) mass is 338 g/mol. The van der Waals surface area contributed by atoms with E-state index in [0.29, 0.717) is 0 Å². The minimum Gasteiger partial charge on any atom is -0.363 e. The van der Waals surface area contributed by atoms with E-state index in [1.165, 1.54) is 11.6 Å². The van der Waals surface area contributed by atoms with Gasteiger partial charge in [-0.1, -0.05) is 30.3 Å². The van der Waals surface area contributed by atoms with Gasteiger partial charge in [-0.15, -0.1) is 0 Å². The van der Waals surface area contributed by atoms with Crippen molar-refractivity contribution in [3.05, 3.63) is 65.9 Å². The van der Waals surface area contributed by atoms with Crippen LogP contribution in [0.4, 0.5) is 5.82 Å². The maximum absolute atomic E-state index is 11.0. The highest BCUT2D eigenvalue weighted by Gasteiger charge is 2.34. The van der Waals surface area contributed by atoms with Crippen LogP contribution in [0.15, 0.2) is 54.7 Å². The predicted molar refractivity (Wildman–Crippen MR) is 97.2 cm³/mol. The fraction of sp³-hybridized carbons (Fsp3) is 0.263. The Morgan fingerprint density at radius 2 is 2.12 bits per heavy atom. The average Bonchev–Trinajstić information content (AvgIpc) is 3.09. The average molecular weight is 338 g/mol. The number of anilines is 1. The van der Waals surface area contributed by atoms with Gasteiger partial charge in [-0.3, -0.25) is 10.0 Å². The first-order valence-electron chi connectivity index (χ1n) is 8.30. The molecule has 1 aliphatic heterocycles. The van der Waals surface area contributed by atoms with Gasteiger partial charge in [0.05, 0.1) is 5.54 Å². The Hall–Kier alpha value is -2.70. The van der Waals surface area contributed by atoms with Crippen molar-refractivity contribution >= 4 is 17.8 Å². The second kappa shape index (κ2) is 7.92. The van der Waals surface area contributed by atoms with Crippen molar-refractivity contribution in [1.29, 1.82) is 0 Å². The van der Waals surface area contributed by atoms with Gasteiger partial charge >= 0.3 is 0 Å². The van der Waals surface area contributed by atoms with E-state index in [9.17, 15) is 4.79 Å². The number of hydrogen-bond acceptors (Lipinski definition) is 5. The van der Waals surface area contributed by atoms with Crippen molar-refractivity contribution in [2.45, 2.75) is 18.4 Å². The number of carbonyl (C=O) groups is 1. The zero-order chi connectivity index (χ0) is 17.5. The summed E-state index contributed by atoms with van der Waals surface area (Å²) in [5, 5.41) is 15.5. The molecule has 6 nitrogen and oxygen atoms in total. The Morgan fingerprint density at radius 3 is 2.76 bits per heavy atom. The van der Waals surface area contributed by atoms with Gasteiger partial charge in [0.15, 0.2) is 0 Å². The molecular weight excluding hydrogens is 316 g/mol. The van der Waals surface area contributed by atoms with Crippen molar-refractivity contribution in [3.8, 4) is 0 Å². The SMILES string of the molecule is O=C(/C=C/c1ccc(N[C@]2(Cc3ccccc3)CCNC2)nc1)NO. The summed E-state index contributed by atoms with van der Waals surface area (Å²) in [6.45, 7) is 1.87. The molecule has 130 valence electrons. The third kappa shape index (κ3) is 4.65. The zero-order valence-corrected chi connectivity index (χ0v) is 13.9. The fourth-order valence-corrected chi connectivity index (χ4v) is 3.09. The van der Waals surface area contributed by atoms with Gasteiger partial charge < -0.3 is 10.6 Å². The molecule has 0 bridgehead atoms. The highest BCUT2D eigenvalue weighted by molar-refractivity contribution is 5.90. The van der Waals surface area contributed by atoms with Crippen LogP contribution in [0.3, 0.4) is 0 Å². The summed E-state index contributed by atoms with van der Waals surface area (Å²) in [5.41, 5.74) is 3.59. The smallest absolute Gasteiger partial charge is 0.267 e. The fourth-order valence-electron chi connectivity index (χ4n) is 3.09. The van der Waals surface area contributed by atoms with Crippen LogP contribution in [0.5, 0.6) is 0 Å². The van der Waals surface area contributed by atoms with Crippen molar-refractivity contribution in [1.82, 2.24) is 15.8 Å². The molecule has 0 unspecified atom stereocenters. The molecule has 1 aliphatic rings. The number of benzene rings is 1. The molecule has 1 aromatic carbocycles. The van der Waals surface area contributed by atoms with E-state index >= 15 is 0 Å². The van der Waals surface area contributed by atoms with Crippen LogP contribution in [0.25, 0.3) is 6.08 Å². The number of nitrogens with zero attached hydrogens (tertiary/aromatic N) is 1. The summed E-state index contributed by atoms with van der Waals surface area (Å²) < 4.78 is 0. The topological polar surface area (TPSA) is 86.3 Å². The molecule has 0 saturated carbocycles. The van der Waals surface area contributed by atoms with Crippen LogP contribution in [-0.4, -0.2) is 34.7 Å². The van der Waals surface area contributed by atoms with E-state index in [1.807, 2.05) is 18.2 Å². The normalized spacial score (nSPS) is 19.9. The van der Waals surface area contributed by atoms with E-state index < -0.39 is 5.91 Å². The van der Waals surface area contributed by atoms with Crippen molar-refractivity contribution < 1.29 is 10.0 Å². The molecule has 25 heavy (non-hydrogen) atoms. The molecule has 1 aromatic heterocycles. The number of nitrogens with one attached hydrogen (secondary N) is 3. The lowest BCUT2D eigenvalue weighted by molar-refractivity contribution is -0.124. The zero-order valence-electron chi connectivity index (χ0n) is 13.9. The van der Waals surface area contributed by atoms with Gasteiger partial charge in [0.25, 0.3) is 5.91 Å². The van der Waals surface area contributed by atoms with Gasteiger partial charge in [0.2, 0.25) is 0 Å². The molecule has 0 spiro atoms.